The molecule has 0 unspecified atom stereocenters. The highest BCUT2D eigenvalue weighted by Crippen LogP contribution is 2.25. The van der Waals surface area contributed by atoms with Crippen LogP contribution >= 0.6 is 23.1 Å². The Hall–Kier alpha value is -2.32. The number of aryl methyl sites for hydroxylation is 1. The number of rotatable bonds is 4. The molecule has 2 heterocycles. The van der Waals surface area contributed by atoms with E-state index in [1.165, 1.54) is 11.5 Å². The zero-order chi connectivity index (χ0) is 15.7. The van der Waals surface area contributed by atoms with Crippen LogP contribution in [0.1, 0.15) is 23.1 Å². The number of benzene rings is 1. The van der Waals surface area contributed by atoms with Crippen LogP contribution in [0.5, 0.6) is 0 Å². The number of carbonyl (C=O) groups excluding carboxylic acids is 1. The molecule has 0 atom stereocenters. The molecule has 3 N–H and O–H groups in total. The number of carbonyl (C=O) groups is 1. The SMILES string of the molecule is CCc1nc(C(N)=O)c(Nc2ccc3snnc3c2)nc1Cl. The smallest absolute Gasteiger partial charge is 0.271 e. The van der Waals surface area contributed by atoms with E-state index in [4.69, 9.17) is 17.3 Å². The molecule has 0 saturated carbocycles. The average molecular weight is 335 g/mol. The van der Waals surface area contributed by atoms with Crippen molar-refractivity contribution in [2.24, 2.45) is 5.73 Å². The first-order chi connectivity index (χ1) is 10.6. The van der Waals surface area contributed by atoms with Crippen molar-refractivity contribution in [3.63, 3.8) is 0 Å². The number of aromatic nitrogens is 4. The Balaban J connectivity index is 2.03. The molecule has 0 aliphatic carbocycles. The maximum absolute atomic E-state index is 11.6. The Labute approximate surface area is 134 Å². The summed E-state index contributed by atoms with van der Waals surface area (Å²) in [4.78, 5) is 19.9. The van der Waals surface area contributed by atoms with E-state index in [0.29, 0.717) is 17.8 Å². The van der Waals surface area contributed by atoms with Gasteiger partial charge in [0.05, 0.1) is 10.4 Å². The second-order valence-electron chi connectivity index (χ2n) is 4.46. The summed E-state index contributed by atoms with van der Waals surface area (Å²) in [5.74, 6) is -0.449. The molecule has 22 heavy (non-hydrogen) atoms. The van der Waals surface area contributed by atoms with Crippen molar-refractivity contribution >= 4 is 50.8 Å². The lowest BCUT2D eigenvalue weighted by Gasteiger charge is -2.11. The summed E-state index contributed by atoms with van der Waals surface area (Å²) in [7, 11) is 0. The van der Waals surface area contributed by atoms with Crippen molar-refractivity contribution in [3.8, 4) is 0 Å². The van der Waals surface area contributed by atoms with E-state index < -0.39 is 5.91 Å². The lowest BCUT2D eigenvalue weighted by Crippen LogP contribution is -2.18. The van der Waals surface area contributed by atoms with Crippen molar-refractivity contribution in [3.05, 3.63) is 34.7 Å². The minimum Gasteiger partial charge on any atom is -0.364 e. The highest BCUT2D eigenvalue weighted by molar-refractivity contribution is 7.12. The van der Waals surface area contributed by atoms with E-state index in [-0.39, 0.29) is 16.7 Å². The van der Waals surface area contributed by atoms with E-state index in [0.717, 1.165) is 10.2 Å². The van der Waals surface area contributed by atoms with Gasteiger partial charge in [0.15, 0.2) is 16.7 Å². The molecule has 3 rings (SSSR count). The third-order valence-electron chi connectivity index (χ3n) is 3.00. The summed E-state index contributed by atoms with van der Waals surface area (Å²) in [5.41, 5.74) is 7.39. The van der Waals surface area contributed by atoms with Gasteiger partial charge in [0.1, 0.15) is 5.52 Å². The summed E-state index contributed by atoms with van der Waals surface area (Å²) >= 11 is 7.37. The quantitative estimate of drug-likeness (QED) is 0.759. The number of nitrogens with two attached hydrogens (primary N) is 1. The number of amides is 1. The number of hydrogen-bond acceptors (Lipinski definition) is 7. The highest BCUT2D eigenvalue weighted by Gasteiger charge is 2.16. The Bertz CT molecular complexity index is 865. The molecule has 0 spiro atoms. The number of nitrogens with one attached hydrogen (secondary N) is 1. The molecule has 0 saturated heterocycles. The minimum absolute atomic E-state index is 0.0535. The number of nitrogens with zero attached hydrogens (tertiary/aromatic N) is 4. The minimum atomic E-state index is -0.669. The Kier molecular flexibility index (Phi) is 3.86. The summed E-state index contributed by atoms with van der Waals surface area (Å²) in [6.45, 7) is 1.87. The number of halogens is 1. The van der Waals surface area contributed by atoms with Gasteiger partial charge in [-0.1, -0.05) is 23.0 Å². The molecule has 112 valence electrons. The summed E-state index contributed by atoms with van der Waals surface area (Å²) in [6, 6.07) is 5.50. The van der Waals surface area contributed by atoms with E-state index in [2.05, 4.69) is 24.9 Å². The van der Waals surface area contributed by atoms with Gasteiger partial charge in [-0.2, -0.15) is 0 Å². The zero-order valence-electron chi connectivity index (χ0n) is 11.5. The molecule has 0 fully saturated rings. The zero-order valence-corrected chi connectivity index (χ0v) is 13.1. The third kappa shape index (κ3) is 2.70. The van der Waals surface area contributed by atoms with Gasteiger partial charge >= 0.3 is 0 Å². The van der Waals surface area contributed by atoms with Crippen LogP contribution in [0.2, 0.25) is 5.15 Å². The van der Waals surface area contributed by atoms with Crippen LogP contribution in [-0.2, 0) is 6.42 Å². The van der Waals surface area contributed by atoms with Crippen LogP contribution in [-0.4, -0.2) is 25.5 Å². The number of hydrogen-bond donors (Lipinski definition) is 2. The Morgan fingerprint density at radius 3 is 2.95 bits per heavy atom. The monoisotopic (exact) mass is 334 g/mol. The van der Waals surface area contributed by atoms with Crippen LogP contribution in [0.15, 0.2) is 18.2 Å². The van der Waals surface area contributed by atoms with Crippen LogP contribution in [0, 0.1) is 0 Å². The predicted molar refractivity (Wildman–Crippen MR) is 85.6 cm³/mol. The lowest BCUT2D eigenvalue weighted by molar-refractivity contribution is 0.0996. The van der Waals surface area contributed by atoms with E-state index in [9.17, 15) is 4.79 Å². The number of primary amides is 1. The fraction of sp³-hybridized carbons (Fsp3) is 0.154. The third-order valence-corrected chi connectivity index (χ3v) is 4.00. The van der Waals surface area contributed by atoms with Gasteiger partial charge in [0.2, 0.25) is 0 Å². The first-order valence-corrected chi connectivity index (χ1v) is 7.59. The molecule has 3 aromatic rings. The molecular formula is C13H11ClN6OS. The molecule has 1 amide bonds. The van der Waals surface area contributed by atoms with Crippen molar-refractivity contribution in [2.75, 3.05) is 5.32 Å². The largest absolute Gasteiger partial charge is 0.364 e. The van der Waals surface area contributed by atoms with Crippen LogP contribution < -0.4 is 11.1 Å². The first-order valence-electron chi connectivity index (χ1n) is 6.44. The second-order valence-corrected chi connectivity index (χ2v) is 5.60. The van der Waals surface area contributed by atoms with Gasteiger partial charge in [0, 0.05) is 5.69 Å². The van der Waals surface area contributed by atoms with Crippen molar-refractivity contribution < 1.29 is 4.79 Å². The summed E-state index contributed by atoms with van der Waals surface area (Å²) in [5, 5.41) is 7.25. The predicted octanol–water partition coefficient (Wildman–Crippen LogP) is 2.54. The van der Waals surface area contributed by atoms with Crippen LogP contribution in [0.4, 0.5) is 11.5 Å². The van der Waals surface area contributed by atoms with Gasteiger partial charge in [-0.25, -0.2) is 9.97 Å². The molecule has 9 heteroatoms. The lowest BCUT2D eigenvalue weighted by atomic mass is 10.2. The molecule has 0 aliphatic rings. The molecule has 0 bridgehead atoms. The van der Waals surface area contributed by atoms with E-state index in [1.807, 2.05) is 19.1 Å². The standard InChI is InChI=1S/C13H11ClN6OS/c1-2-7-11(14)18-13(10(17-7)12(15)21)16-6-3-4-9-8(5-6)19-20-22-9/h3-5H,2H2,1H3,(H2,15,21)(H,16,18). The van der Waals surface area contributed by atoms with Crippen LogP contribution in [0.25, 0.3) is 10.2 Å². The molecule has 7 nitrogen and oxygen atoms in total. The summed E-state index contributed by atoms with van der Waals surface area (Å²) < 4.78 is 4.84. The maximum atomic E-state index is 11.6. The topological polar surface area (TPSA) is 107 Å². The van der Waals surface area contributed by atoms with Gasteiger partial charge < -0.3 is 11.1 Å². The fourth-order valence-corrected chi connectivity index (χ4v) is 2.73. The van der Waals surface area contributed by atoms with Gasteiger partial charge in [-0.3, -0.25) is 4.79 Å². The normalized spacial score (nSPS) is 10.8. The first kappa shape index (κ1) is 14.6. The van der Waals surface area contributed by atoms with Gasteiger partial charge in [-0.15, -0.1) is 5.10 Å². The fourth-order valence-electron chi connectivity index (χ4n) is 1.93. The maximum Gasteiger partial charge on any atom is 0.271 e. The highest BCUT2D eigenvalue weighted by atomic mass is 35.5. The van der Waals surface area contributed by atoms with E-state index in [1.54, 1.807) is 6.07 Å². The van der Waals surface area contributed by atoms with Crippen molar-refractivity contribution in [1.82, 2.24) is 19.6 Å². The molecular weight excluding hydrogens is 324 g/mol. The van der Waals surface area contributed by atoms with E-state index >= 15 is 0 Å². The number of anilines is 2. The Morgan fingerprint density at radius 1 is 1.41 bits per heavy atom. The molecule has 1 aromatic carbocycles. The number of fused-ring (bicyclic) bond motifs is 1. The van der Waals surface area contributed by atoms with Crippen molar-refractivity contribution in [1.29, 1.82) is 0 Å². The average Bonchev–Trinajstić information content (AvgIpc) is 2.94. The second kappa shape index (κ2) is 5.82. The van der Waals surface area contributed by atoms with Gasteiger partial charge in [-0.05, 0) is 36.2 Å². The van der Waals surface area contributed by atoms with Crippen LogP contribution in [0.3, 0.4) is 0 Å². The summed E-state index contributed by atoms with van der Waals surface area (Å²) in [6.07, 6.45) is 0.558. The molecule has 0 aliphatic heterocycles. The Morgan fingerprint density at radius 2 is 2.23 bits per heavy atom. The molecule has 0 radical (unpaired) electrons. The van der Waals surface area contributed by atoms with Gasteiger partial charge in [0.25, 0.3) is 5.91 Å². The van der Waals surface area contributed by atoms with Crippen molar-refractivity contribution in [2.45, 2.75) is 13.3 Å². The molecule has 2 aromatic heterocycles.